The molecule has 0 aliphatic heterocycles. The number of ketones is 1. The number of Topliss-reactive ketones (excluding diaryl/α,β-unsaturated/α-hetero) is 1. The highest BCUT2D eigenvalue weighted by molar-refractivity contribution is 5.99. The molecule has 0 radical (unpaired) electrons. The molecule has 0 amide bonds. The number of esters is 1. The molecule has 2 aromatic carbocycles. The van der Waals surface area contributed by atoms with Gasteiger partial charge >= 0.3 is 5.97 Å². The molecular weight excluding hydrogens is 338 g/mol. The predicted octanol–water partition coefficient (Wildman–Crippen LogP) is 4.71. The van der Waals surface area contributed by atoms with Crippen LogP contribution in [-0.2, 0) is 20.7 Å². The van der Waals surface area contributed by atoms with Crippen LogP contribution in [0.3, 0.4) is 0 Å². The van der Waals surface area contributed by atoms with Gasteiger partial charge in [0.1, 0.15) is 11.7 Å². The maximum atomic E-state index is 12.5. The first-order valence-electron chi connectivity index (χ1n) is 9.29. The predicted molar refractivity (Wildman–Crippen MR) is 105 cm³/mol. The summed E-state index contributed by atoms with van der Waals surface area (Å²) in [5.41, 5.74) is 3.31. The molecule has 2 rings (SSSR count). The van der Waals surface area contributed by atoms with Crippen molar-refractivity contribution >= 4 is 11.8 Å². The van der Waals surface area contributed by atoms with Gasteiger partial charge < -0.3 is 4.74 Å². The first kappa shape index (κ1) is 20.4. The normalized spacial score (nSPS) is 11.4. The number of nitrogens with zero attached hydrogens (tertiary/aromatic N) is 1. The lowest BCUT2D eigenvalue weighted by Crippen LogP contribution is -2.27. The Hall–Kier alpha value is -2.93. The van der Waals surface area contributed by atoms with Gasteiger partial charge in [0.15, 0.2) is 0 Å². The largest absolute Gasteiger partial charge is 0.468 e. The molecule has 2 aromatic rings. The minimum absolute atomic E-state index is 0.0609. The van der Waals surface area contributed by atoms with Crippen LogP contribution in [0, 0.1) is 17.2 Å². The van der Waals surface area contributed by atoms with Crippen molar-refractivity contribution in [2.45, 2.75) is 39.0 Å². The quantitative estimate of drug-likeness (QED) is 0.368. The molecule has 0 saturated carbocycles. The average Bonchev–Trinajstić information content (AvgIpc) is 2.72. The highest BCUT2D eigenvalue weighted by Gasteiger charge is 2.27. The SMILES string of the molecule is CCCCCC(=O)C(Cc1ccc(-c2ccccc2C#N)cc1)C(=O)OC. The first-order chi connectivity index (χ1) is 13.1. The van der Waals surface area contributed by atoms with Crippen LogP contribution in [0.25, 0.3) is 11.1 Å². The van der Waals surface area contributed by atoms with Crippen molar-refractivity contribution in [3.05, 3.63) is 59.7 Å². The summed E-state index contributed by atoms with van der Waals surface area (Å²) in [4.78, 5) is 24.5. The fraction of sp³-hybridized carbons (Fsp3) is 0.348. The fourth-order valence-corrected chi connectivity index (χ4v) is 3.08. The first-order valence-corrected chi connectivity index (χ1v) is 9.29. The summed E-state index contributed by atoms with van der Waals surface area (Å²) < 4.78 is 4.84. The second kappa shape index (κ2) is 10.3. The molecular formula is C23H25NO3. The number of hydrogen-bond acceptors (Lipinski definition) is 4. The molecule has 140 valence electrons. The van der Waals surface area contributed by atoms with Gasteiger partial charge in [0.2, 0.25) is 0 Å². The molecule has 0 fully saturated rings. The molecule has 1 unspecified atom stereocenters. The third-order valence-corrected chi connectivity index (χ3v) is 4.65. The molecule has 0 aliphatic rings. The number of rotatable bonds is 9. The van der Waals surface area contributed by atoms with Gasteiger partial charge in [-0.15, -0.1) is 0 Å². The van der Waals surface area contributed by atoms with Crippen LogP contribution in [0.15, 0.2) is 48.5 Å². The van der Waals surface area contributed by atoms with Gasteiger partial charge in [-0.05, 0) is 35.6 Å². The van der Waals surface area contributed by atoms with E-state index in [0.717, 1.165) is 36.0 Å². The van der Waals surface area contributed by atoms with Gasteiger partial charge in [0.25, 0.3) is 0 Å². The minimum Gasteiger partial charge on any atom is -0.468 e. The van der Waals surface area contributed by atoms with Crippen LogP contribution in [-0.4, -0.2) is 18.9 Å². The topological polar surface area (TPSA) is 67.2 Å². The van der Waals surface area contributed by atoms with Gasteiger partial charge in [0.05, 0.1) is 18.7 Å². The zero-order valence-electron chi connectivity index (χ0n) is 15.9. The van der Waals surface area contributed by atoms with Crippen LogP contribution in [0.4, 0.5) is 0 Å². The molecule has 0 bridgehead atoms. The maximum absolute atomic E-state index is 12.5. The molecule has 0 N–H and O–H groups in total. The molecule has 1 atom stereocenters. The summed E-state index contributed by atoms with van der Waals surface area (Å²) in [5.74, 6) is -1.30. The van der Waals surface area contributed by atoms with Gasteiger partial charge in [0, 0.05) is 6.42 Å². The number of nitriles is 1. The van der Waals surface area contributed by atoms with Crippen molar-refractivity contribution in [3.63, 3.8) is 0 Å². The van der Waals surface area contributed by atoms with Gasteiger partial charge in [-0.25, -0.2) is 0 Å². The van der Waals surface area contributed by atoms with Crippen LogP contribution in [0.2, 0.25) is 0 Å². The van der Waals surface area contributed by atoms with E-state index in [4.69, 9.17) is 4.74 Å². The highest BCUT2D eigenvalue weighted by atomic mass is 16.5. The van der Waals surface area contributed by atoms with Crippen LogP contribution < -0.4 is 0 Å². The average molecular weight is 363 g/mol. The van der Waals surface area contributed by atoms with E-state index < -0.39 is 11.9 Å². The summed E-state index contributed by atoms with van der Waals surface area (Å²) in [6.45, 7) is 2.08. The number of carbonyl (C=O) groups is 2. The van der Waals surface area contributed by atoms with E-state index in [1.165, 1.54) is 7.11 Å². The third kappa shape index (κ3) is 5.52. The lowest BCUT2D eigenvalue weighted by molar-refractivity contribution is -0.149. The van der Waals surface area contributed by atoms with E-state index in [1.807, 2.05) is 42.5 Å². The second-order valence-corrected chi connectivity index (χ2v) is 6.56. The second-order valence-electron chi connectivity index (χ2n) is 6.56. The summed E-state index contributed by atoms with van der Waals surface area (Å²) in [6.07, 6.45) is 3.54. The molecule has 0 heterocycles. The van der Waals surface area contributed by atoms with E-state index in [-0.39, 0.29) is 5.78 Å². The Kier molecular flexibility index (Phi) is 7.76. The fourth-order valence-electron chi connectivity index (χ4n) is 3.08. The zero-order valence-corrected chi connectivity index (χ0v) is 15.9. The molecule has 0 spiro atoms. The number of methoxy groups -OCH3 is 1. The zero-order chi connectivity index (χ0) is 19.6. The molecule has 0 aliphatic carbocycles. The number of carbonyl (C=O) groups excluding carboxylic acids is 2. The van der Waals surface area contributed by atoms with Crippen molar-refractivity contribution in [2.75, 3.05) is 7.11 Å². The Morgan fingerprint density at radius 1 is 1.07 bits per heavy atom. The lowest BCUT2D eigenvalue weighted by atomic mass is 9.91. The number of unbranched alkanes of at least 4 members (excludes halogenated alkanes) is 2. The van der Waals surface area contributed by atoms with Crippen molar-refractivity contribution < 1.29 is 14.3 Å². The summed E-state index contributed by atoms with van der Waals surface area (Å²) in [6, 6.07) is 17.3. The Balaban J connectivity index is 2.15. The van der Waals surface area contributed by atoms with Gasteiger partial charge in [-0.3, -0.25) is 9.59 Å². The smallest absolute Gasteiger partial charge is 0.316 e. The van der Waals surface area contributed by atoms with E-state index in [2.05, 4.69) is 13.0 Å². The van der Waals surface area contributed by atoms with Crippen LogP contribution in [0.5, 0.6) is 0 Å². The minimum atomic E-state index is -0.760. The van der Waals surface area contributed by atoms with Crippen molar-refractivity contribution in [1.82, 2.24) is 0 Å². The number of hydrogen-bond donors (Lipinski definition) is 0. The standard InChI is InChI=1S/C23H25NO3/c1-3-4-5-10-22(25)21(23(26)27-2)15-17-11-13-18(14-12-17)20-9-7-6-8-19(20)16-24/h6-9,11-14,21H,3-5,10,15H2,1-2H3. The lowest BCUT2D eigenvalue weighted by Gasteiger charge is -2.14. The van der Waals surface area contributed by atoms with Crippen LogP contribution >= 0.6 is 0 Å². The molecule has 0 saturated heterocycles. The van der Waals surface area contributed by atoms with Gasteiger partial charge in [-0.1, -0.05) is 62.2 Å². The summed E-state index contributed by atoms with van der Waals surface area (Å²) >= 11 is 0. The monoisotopic (exact) mass is 363 g/mol. The maximum Gasteiger partial charge on any atom is 0.316 e. The summed E-state index contributed by atoms with van der Waals surface area (Å²) in [7, 11) is 1.32. The van der Waals surface area contributed by atoms with E-state index in [1.54, 1.807) is 6.07 Å². The Labute approximate surface area is 160 Å². The third-order valence-electron chi connectivity index (χ3n) is 4.65. The molecule has 4 nitrogen and oxygen atoms in total. The van der Waals surface area contributed by atoms with Crippen molar-refractivity contribution in [1.29, 1.82) is 5.26 Å². The van der Waals surface area contributed by atoms with Crippen molar-refractivity contribution in [3.8, 4) is 17.2 Å². The van der Waals surface area contributed by atoms with E-state index in [0.29, 0.717) is 18.4 Å². The van der Waals surface area contributed by atoms with Gasteiger partial charge in [-0.2, -0.15) is 5.26 Å². The Morgan fingerprint density at radius 2 is 1.78 bits per heavy atom. The highest BCUT2D eigenvalue weighted by Crippen LogP contribution is 2.24. The number of benzene rings is 2. The van der Waals surface area contributed by atoms with E-state index in [9.17, 15) is 14.9 Å². The van der Waals surface area contributed by atoms with Crippen LogP contribution in [0.1, 0.15) is 43.7 Å². The number of ether oxygens (including phenoxy) is 1. The molecule has 27 heavy (non-hydrogen) atoms. The summed E-state index contributed by atoms with van der Waals surface area (Å²) in [5, 5.41) is 9.25. The Bertz CT molecular complexity index is 818. The molecule has 0 aromatic heterocycles. The molecule has 4 heteroatoms. The van der Waals surface area contributed by atoms with E-state index >= 15 is 0 Å². The van der Waals surface area contributed by atoms with Crippen molar-refractivity contribution in [2.24, 2.45) is 5.92 Å². The Morgan fingerprint density at radius 3 is 2.41 bits per heavy atom.